The van der Waals surface area contributed by atoms with Gasteiger partial charge >= 0.3 is 5.97 Å². The van der Waals surface area contributed by atoms with Crippen molar-refractivity contribution in [2.75, 3.05) is 38.2 Å². The predicted octanol–water partition coefficient (Wildman–Crippen LogP) is 8.26. The van der Waals surface area contributed by atoms with Crippen LogP contribution in [0.5, 0.6) is 11.5 Å². The minimum Gasteiger partial charge on any atom is -0.505 e. The third-order valence-electron chi connectivity index (χ3n) is 13.4. The van der Waals surface area contributed by atoms with Gasteiger partial charge in [-0.05, 0) is 72.9 Å². The molecule has 0 saturated heterocycles. The van der Waals surface area contributed by atoms with Gasteiger partial charge in [-0.25, -0.2) is 31.1 Å². The number of hydrogen-bond donors (Lipinski definition) is 5. The van der Waals surface area contributed by atoms with Crippen LogP contribution in [0.1, 0.15) is 98.3 Å². The molecule has 416 valence electrons. The Labute approximate surface area is 451 Å². The number of amides is 3. The normalized spacial score (nSPS) is 14.7. The van der Waals surface area contributed by atoms with Crippen molar-refractivity contribution in [1.82, 2.24) is 29.3 Å². The van der Waals surface area contributed by atoms with Gasteiger partial charge in [-0.15, -0.1) is 0 Å². The number of benzene rings is 3. The number of nitrogens with zero attached hydrogens (tertiary/aromatic N) is 5. The molecule has 7 aromatic rings. The van der Waals surface area contributed by atoms with Crippen LogP contribution in [0.15, 0.2) is 94.8 Å². The van der Waals surface area contributed by atoms with Gasteiger partial charge in [0.2, 0.25) is 0 Å². The van der Waals surface area contributed by atoms with E-state index in [9.17, 15) is 61.6 Å². The van der Waals surface area contributed by atoms with Crippen LogP contribution in [0.4, 0.5) is 32.0 Å². The summed E-state index contributed by atoms with van der Waals surface area (Å²) in [5, 5.41) is 36.1. The van der Waals surface area contributed by atoms with Crippen molar-refractivity contribution in [1.29, 1.82) is 0 Å². The molecular weight excluding hydrogens is 1070 g/mol. The number of hydrogen-bond acceptors (Lipinski definition) is 13. The van der Waals surface area contributed by atoms with E-state index >= 15 is 8.78 Å². The zero-order chi connectivity index (χ0) is 55.3. The summed E-state index contributed by atoms with van der Waals surface area (Å²) in [7, 11) is 0. The first-order valence-electron chi connectivity index (χ1n) is 23.8. The summed E-state index contributed by atoms with van der Waals surface area (Å²) >= 11 is 6.61. The third kappa shape index (κ3) is 11.5. The molecule has 4 aromatic heterocycles. The smallest absolute Gasteiger partial charge is 0.347 e. The zero-order valence-electron chi connectivity index (χ0n) is 40.4. The number of carbonyl (C=O) groups excluding carboxylic acids is 4. The number of nitrogens with one attached hydrogen (secondary N) is 2. The lowest BCUT2D eigenvalue weighted by atomic mass is 10.0. The highest BCUT2D eigenvalue weighted by Crippen LogP contribution is 2.44. The fraction of sp³-hybridized carbons (Fsp3) is 0.309. The second kappa shape index (κ2) is 22.6. The van der Waals surface area contributed by atoms with E-state index < -0.39 is 124 Å². The van der Waals surface area contributed by atoms with Gasteiger partial charge in [-0.2, -0.15) is 0 Å². The maximum Gasteiger partial charge on any atom is 0.347 e. The van der Waals surface area contributed by atoms with Gasteiger partial charge in [-0.1, -0.05) is 62.9 Å². The standard InChI is InChI=1S/C29H21ClF3N3O6.C24H23F3N4O4.2CH4/c1-2-42-28(41)20-24(37)22-23(21(30)16(12-34-22)11-15-7-9-17(31)10-8-15)35(27(20)40)13-29(32,33)14-36-25(38)18-5-3-4-6-19(18)26(36)39;25-15-3-1-13(2-4-15)7-14-8-28-18-19-17(14)29-10-24(26,27)11-31(19)22(35)16(20(18)33)21(34)30-9-23(12-32)5-6-23;;/h3-10,12,37H,2,11,13-14H2,1H3;1-4,8,29,32-33H,5-7,9-12H2,(H,30,34);2*1H4. The molecule has 1 fully saturated rings. The van der Waals surface area contributed by atoms with Crippen LogP contribution in [0, 0.1) is 17.0 Å². The molecule has 2 aliphatic heterocycles. The molecule has 5 N–H and O–H groups in total. The fourth-order valence-corrected chi connectivity index (χ4v) is 9.45. The quantitative estimate of drug-likeness (QED) is 0.0392. The lowest BCUT2D eigenvalue weighted by Gasteiger charge is -2.24. The second-order valence-electron chi connectivity index (χ2n) is 18.9. The summed E-state index contributed by atoms with van der Waals surface area (Å²) in [6.07, 6.45) is 4.28. The number of imide groups is 1. The monoisotopic (exact) mass is 1120 g/mol. The summed E-state index contributed by atoms with van der Waals surface area (Å²) < 4.78 is 93.4. The number of aliphatic hydroxyl groups is 1. The number of fused-ring (bicyclic) bond motifs is 2. The molecule has 0 unspecified atom stereocenters. The van der Waals surface area contributed by atoms with Crippen LogP contribution in [0.2, 0.25) is 5.02 Å². The molecule has 10 rings (SSSR count). The molecular formula is C55H52ClF6N7O10. The number of aromatic hydroxyl groups is 2. The Morgan fingerprint density at radius 2 is 1.32 bits per heavy atom. The van der Waals surface area contributed by atoms with Crippen LogP contribution in [-0.4, -0.2) is 108 Å². The Hall–Kier alpha value is -8.31. The third-order valence-corrected chi connectivity index (χ3v) is 13.8. The molecule has 17 nitrogen and oxygen atoms in total. The van der Waals surface area contributed by atoms with E-state index in [-0.39, 0.29) is 85.9 Å². The number of anilines is 1. The van der Waals surface area contributed by atoms with Crippen molar-refractivity contribution in [2.24, 2.45) is 5.41 Å². The maximum atomic E-state index is 15.7. The van der Waals surface area contributed by atoms with E-state index in [1.54, 1.807) is 12.1 Å². The van der Waals surface area contributed by atoms with E-state index in [1.165, 1.54) is 80.0 Å². The average molecular weight is 1120 g/mol. The number of rotatable bonds is 14. The molecule has 1 aliphatic carbocycles. The Morgan fingerprint density at radius 3 is 1.86 bits per heavy atom. The van der Waals surface area contributed by atoms with Crippen molar-refractivity contribution in [3.63, 3.8) is 0 Å². The van der Waals surface area contributed by atoms with E-state index in [1.807, 2.05) is 0 Å². The largest absolute Gasteiger partial charge is 0.505 e. The predicted molar refractivity (Wildman–Crippen MR) is 279 cm³/mol. The highest BCUT2D eigenvalue weighted by Gasteiger charge is 2.45. The van der Waals surface area contributed by atoms with Gasteiger partial charge < -0.3 is 30.7 Å². The van der Waals surface area contributed by atoms with Gasteiger partial charge in [0, 0.05) is 42.8 Å². The van der Waals surface area contributed by atoms with Crippen molar-refractivity contribution in [3.8, 4) is 11.5 Å². The van der Waals surface area contributed by atoms with Gasteiger partial charge in [0.25, 0.3) is 40.7 Å². The number of aromatic nitrogens is 4. The van der Waals surface area contributed by atoms with Crippen molar-refractivity contribution < 1.29 is 65.6 Å². The fourth-order valence-electron chi connectivity index (χ4n) is 9.14. The molecule has 6 heterocycles. The number of halogens is 7. The number of aliphatic hydroxyl groups excluding tert-OH is 1. The van der Waals surface area contributed by atoms with E-state index in [2.05, 4.69) is 20.6 Å². The van der Waals surface area contributed by atoms with Crippen molar-refractivity contribution in [3.05, 3.63) is 167 Å². The first kappa shape index (κ1) is 58.4. The highest BCUT2D eigenvalue weighted by molar-refractivity contribution is 6.36. The second-order valence-corrected chi connectivity index (χ2v) is 19.2. The van der Waals surface area contributed by atoms with E-state index in [0.29, 0.717) is 39.0 Å². The molecule has 1 saturated carbocycles. The minimum absolute atomic E-state index is 0. The molecule has 79 heavy (non-hydrogen) atoms. The summed E-state index contributed by atoms with van der Waals surface area (Å²) in [4.78, 5) is 86.4. The number of alkyl halides is 4. The van der Waals surface area contributed by atoms with Crippen LogP contribution >= 0.6 is 11.6 Å². The first-order chi connectivity index (χ1) is 36.6. The molecule has 0 spiro atoms. The van der Waals surface area contributed by atoms with Gasteiger partial charge in [0.15, 0.2) is 17.1 Å². The SMILES string of the molecule is C.C.CCOC(=O)c1c(O)c2ncc(Cc3ccc(F)cc3)c(Cl)c2n(CC(F)(F)CN2C(=O)c3ccccc3C2=O)c1=O.O=C(NCC1(CO)CC1)c1c(O)c2ncc(Cc3ccc(F)cc3)c3c2n(c1=O)CC(F)(F)CN3. The number of pyridine rings is 4. The Kier molecular flexibility index (Phi) is 16.7. The first-order valence-corrected chi connectivity index (χ1v) is 24.1. The van der Waals surface area contributed by atoms with Crippen molar-refractivity contribution >= 4 is 63.0 Å². The summed E-state index contributed by atoms with van der Waals surface area (Å²) in [6.45, 7) is -3.39. The number of carbonyl (C=O) groups is 4. The maximum absolute atomic E-state index is 15.7. The summed E-state index contributed by atoms with van der Waals surface area (Å²) in [5.74, 6) is -13.8. The lowest BCUT2D eigenvalue weighted by Crippen LogP contribution is -2.44. The molecule has 0 atom stereocenters. The van der Waals surface area contributed by atoms with E-state index in [4.69, 9.17) is 16.3 Å². The number of ether oxygens (including phenoxy) is 1. The Morgan fingerprint density at radius 1 is 0.785 bits per heavy atom. The molecule has 0 bridgehead atoms. The Bertz CT molecular complexity index is 3650. The average Bonchev–Trinajstić information content (AvgIpc) is 4.34. The highest BCUT2D eigenvalue weighted by atomic mass is 35.5. The van der Waals surface area contributed by atoms with Crippen LogP contribution < -0.4 is 21.8 Å². The zero-order valence-corrected chi connectivity index (χ0v) is 41.2. The van der Waals surface area contributed by atoms with Gasteiger partial charge in [-0.3, -0.25) is 48.0 Å². The lowest BCUT2D eigenvalue weighted by molar-refractivity contribution is -0.0359. The molecule has 0 radical (unpaired) electrons. The van der Waals surface area contributed by atoms with Gasteiger partial charge in [0.1, 0.15) is 28.2 Å². The minimum atomic E-state index is -3.91. The van der Waals surface area contributed by atoms with Crippen LogP contribution in [-0.2, 0) is 30.7 Å². The molecule has 3 aliphatic rings. The summed E-state index contributed by atoms with van der Waals surface area (Å²) in [6, 6.07) is 16.7. The Balaban J connectivity index is 0.000000226. The molecule has 3 amide bonds. The number of esters is 1. The summed E-state index contributed by atoms with van der Waals surface area (Å²) in [5.41, 5.74) is -3.41. The molecule has 3 aromatic carbocycles. The molecule has 24 heteroatoms. The van der Waals surface area contributed by atoms with Crippen molar-refractivity contribution in [2.45, 2.75) is 72.4 Å². The van der Waals surface area contributed by atoms with Crippen LogP contribution in [0.3, 0.4) is 0 Å². The van der Waals surface area contributed by atoms with E-state index in [0.717, 1.165) is 4.57 Å². The topological polar surface area (TPSA) is 235 Å². The van der Waals surface area contributed by atoms with Gasteiger partial charge in [0.05, 0.1) is 72.3 Å². The van der Waals surface area contributed by atoms with Crippen LogP contribution in [0.25, 0.3) is 22.1 Å².